The van der Waals surface area contributed by atoms with Crippen molar-refractivity contribution in [2.45, 2.75) is 5.41 Å². The Hall–Kier alpha value is -6.38. The Balaban J connectivity index is 1.35. The van der Waals surface area contributed by atoms with Gasteiger partial charge in [0, 0.05) is 33.0 Å². The van der Waals surface area contributed by atoms with Crippen LogP contribution >= 0.6 is 0 Å². The quantitative estimate of drug-likeness (QED) is 0.188. The number of fused-ring (bicyclic) bond motifs is 7. The number of aromatic nitrogens is 1. The van der Waals surface area contributed by atoms with E-state index in [0.717, 1.165) is 38.3 Å². The Morgan fingerprint density at radius 1 is 0.510 bits per heavy atom. The standard InChI is InChI=1S/C47H31NO/c1-4-15-35(16-5-1)47(36-17-6-2-7-18-36)41-22-12-13-23-44(41)49-45-29-26-33(30-42(45)47)34-25-27-39-40-28-24-32-14-10-11-21-38(32)46(40)48(43(39)31-34)37-19-8-3-9-20-37/h1-31H/i12D,13D,22D,23D,26D,29D,30D. The van der Waals surface area contributed by atoms with Crippen molar-refractivity contribution in [1.29, 1.82) is 0 Å². The third-order valence-electron chi connectivity index (χ3n) is 9.75. The van der Waals surface area contributed by atoms with Gasteiger partial charge in [0.1, 0.15) is 11.5 Å². The number of hydrogen-bond donors (Lipinski definition) is 0. The van der Waals surface area contributed by atoms with Crippen molar-refractivity contribution < 1.29 is 14.3 Å². The normalized spacial score (nSPS) is 15.2. The number of para-hydroxylation sites is 2. The third kappa shape index (κ3) is 4.07. The zero-order chi connectivity index (χ0) is 38.5. The van der Waals surface area contributed by atoms with Gasteiger partial charge >= 0.3 is 0 Å². The lowest BCUT2D eigenvalue weighted by Crippen LogP contribution is -2.34. The van der Waals surface area contributed by atoms with E-state index in [0.29, 0.717) is 16.7 Å². The minimum absolute atomic E-state index is 0.0704. The highest BCUT2D eigenvalue weighted by Crippen LogP contribution is 2.56. The zero-order valence-corrected chi connectivity index (χ0v) is 26.2. The van der Waals surface area contributed by atoms with E-state index in [-0.39, 0.29) is 52.4 Å². The number of hydrogen-bond acceptors (Lipinski definition) is 1. The number of nitrogens with zero attached hydrogens (tertiary/aromatic N) is 1. The minimum atomic E-state index is -1.53. The molecule has 0 radical (unpaired) electrons. The average Bonchev–Trinajstić information content (AvgIpc) is 3.58. The second kappa shape index (κ2) is 10.8. The molecule has 0 aliphatic carbocycles. The Bertz CT molecular complexity index is 3030. The maximum Gasteiger partial charge on any atom is 0.132 e. The summed E-state index contributed by atoms with van der Waals surface area (Å²) in [4.78, 5) is 0. The fourth-order valence-corrected chi connectivity index (χ4v) is 7.65. The molecule has 0 N–H and O–H groups in total. The van der Waals surface area contributed by atoms with Crippen molar-refractivity contribution in [1.82, 2.24) is 4.57 Å². The summed E-state index contributed by atoms with van der Waals surface area (Å²) in [6.07, 6.45) is 0. The summed E-state index contributed by atoms with van der Waals surface area (Å²) in [5.74, 6) is -0.211. The summed E-state index contributed by atoms with van der Waals surface area (Å²) in [6.45, 7) is 0. The summed E-state index contributed by atoms with van der Waals surface area (Å²) in [5, 5.41) is 4.25. The van der Waals surface area contributed by atoms with Gasteiger partial charge in [-0.25, -0.2) is 0 Å². The summed E-state index contributed by atoms with van der Waals surface area (Å²) in [5.41, 5.74) is 3.76. The maximum absolute atomic E-state index is 10.2. The molecular formula is C47H31NO. The molecule has 2 heteroatoms. The molecule has 49 heavy (non-hydrogen) atoms. The first-order chi connectivity index (χ1) is 27.2. The smallest absolute Gasteiger partial charge is 0.132 e. The molecule has 2 nitrogen and oxygen atoms in total. The highest BCUT2D eigenvalue weighted by Gasteiger charge is 2.45. The first kappa shape index (κ1) is 21.5. The van der Waals surface area contributed by atoms with Gasteiger partial charge in [0.05, 0.1) is 26.0 Å². The van der Waals surface area contributed by atoms with Gasteiger partial charge in [0.2, 0.25) is 0 Å². The van der Waals surface area contributed by atoms with Gasteiger partial charge in [-0.1, -0.05) is 152 Å². The van der Waals surface area contributed by atoms with E-state index in [1.165, 1.54) is 0 Å². The second-order valence-corrected chi connectivity index (χ2v) is 12.3. The van der Waals surface area contributed by atoms with Crippen LogP contribution in [0, 0.1) is 0 Å². The lowest BCUT2D eigenvalue weighted by molar-refractivity contribution is 0.434. The first-order valence-electron chi connectivity index (χ1n) is 19.8. The molecule has 0 unspecified atom stereocenters. The van der Waals surface area contributed by atoms with Crippen molar-refractivity contribution >= 4 is 32.6 Å². The fraction of sp³-hybridized carbons (Fsp3) is 0.0213. The maximum atomic E-state index is 10.2. The summed E-state index contributed by atoms with van der Waals surface area (Å²) in [6, 6.07) is 45.0. The van der Waals surface area contributed by atoms with Crippen molar-refractivity contribution in [2.24, 2.45) is 0 Å². The van der Waals surface area contributed by atoms with Gasteiger partial charge in [-0.3, -0.25) is 0 Å². The second-order valence-electron chi connectivity index (χ2n) is 12.3. The molecule has 10 rings (SSSR count). The van der Waals surface area contributed by atoms with E-state index in [1.54, 1.807) is 0 Å². The lowest BCUT2D eigenvalue weighted by Gasteiger charge is -2.41. The van der Waals surface area contributed by atoms with Crippen LogP contribution in [0.4, 0.5) is 0 Å². The molecule has 1 aliphatic rings. The summed E-state index contributed by atoms with van der Waals surface area (Å²) >= 11 is 0. The van der Waals surface area contributed by atoms with E-state index >= 15 is 0 Å². The van der Waals surface area contributed by atoms with Crippen LogP contribution in [-0.4, -0.2) is 4.57 Å². The van der Waals surface area contributed by atoms with Crippen LogP contribution in [0.2, 0.25) is 0 Å². The molecule has 0 spiro atoms. The molecule has 0 saturated carbocycles. The van der Waals surface area contributed by atoms with Crippen LogP contribution in [0.15, 0.2) is 188 Å². The molecule has 0 atom stereocenters. The first-order valence-corrected chi connectivity index (χ1v) is 16.3. The highest BCUT2D eigenvalue weighted by atomic mass is 16.5. The number of benzene rings is 8. The third-order valence-corrected chi connectivity index (χ3v) is 9.75. The van der Waals surface area contributed by atoms with Crippen LogP contribution in [0.3, 0.4) is 0 Å². The summed E-state index contributed by atoms with van der Waals surface area (Å²) in [7, 11) is 0. The van der Waals surface area contributed by atoms with Crippen molar-refractivity contribution in [3.05, 3.63) is 210 Å². The van der Waals surface area contributed by atoms with Gasteiger partial charge in [0.25, 0.3) is 0 Å². The monoisotopic (exact) mass is 632 g/mol. The van der Waals surface area contributed by atoms with Crippen molar-refractivity contribution in [2.75, 3.05) is 0 Å². The van der Waals surface area contributed by atoms with Gasteiger partial charge < -0.3 is 9.30 Å². The van der Waals surface area contributed by atoms with Gasteiger partial charge in [0.15, 0.2) is 0 Å². The van der Waals surface area contributed by atoms with Crippen molar-refractivity contribution in [3.8, 4) is 28.3 Å². The Morgan fingerprint density at radius 2 is 1.16 bits per heavy atom. The zero-order valence-electron chi connectivity index (χ0n) is 33.2. The average molecular weight is 633 g/mol. The SMILES string of the molecule is [2H]c1c([2H])c([2H])c2c(c1[2H])Oc1c([2H])c([2H])c(-c3ccc4c5ccc6ccccc6c5n(-c5ccccc5)c4c3)c([2H])c1C2(c1ccccc1)c1ccccc1. The fourth-order valence-electron chi connectivity index (χ4n) is 7.65. The van der Waals surface area contributed by atoms with E-state index in [2.05, 4.69) is 41.0 Å². The van der Waals surface area contributed by atoms with Gasteiger partial charge in [-0.05, 0) is 64.0 Å². The summed E-state index contributed by atoms with van der Waals surface area (Å²) < 4.78 is 73.6. The molecule has 1 aliphatic heterocycles. The van der Waals surface area contributed by atoms with E-state index in [1.807, 2.05) is 109 Å². The minimum Gasteiger partial charge on any atom is -0.457 e. The largest absolute Gasteiger partial charge is 0.457 e. The van der Waals surface area contributed by atoms with E-state index in [4.69, 9.17) is 8.85 Å². The van der Waals surface area contributed by atoms with Gasteiger partial charge in [-0.2, -0.15) is 0 Å². The molecule has 0 saturated heterocycles. The predicted molar refractivity (Wildman–Crippen MR) is 202 cm³/mol. The number of ether oxygens (including phenoxy) is 1. The Labute approximate surface area is 294 Å². The molecule has 1 aromatic heterocycles. The lowest BCUT2D eigenvalue weighted by atomic mass is 9.63. The van der Waals surface area contributed by atoms with Crippen LogP contribution in [0.25, 0.3) is 49.4 Å². The molecule has 2 heterocycles. The molecule has 0 bridgehead atoms. The van der Waals surface area contributed by atoms with E-state index < -0.39 is 23.5 Å². The molecule has 9 aromatic rings. The molecule has 230 valence electrons. The van der Waals surface area contributed by atoms with E-state index in [9.17, 15) is 5.48 Å². The molecule has 0 fully saturated rings. The molecule has 0 amide bonds. The van der Waals surface area contributed by atoms with Crippen LogP contribution < -0.4 is 4.74 Å². The predicted octanol–water partition coefficient (Wildman–Crippen LogP) is 12.1. The van der Waals surface area contributed by atoms with Gasteiger partial charge in [-0.15, -0.1) is 0 Å². The topological polar surface area (TPSA) is 14.2 Å². The Kier molecular flexibility index (Phi) is 4.75. The molecular weight excluding hydrogens is 595 g/mol. The van der Waals surface area contributed by atoms with Crippen LogP contribution in [-0.2, 0) is 5.41 Å². The van der Waals surface area contributed by atoms with Crippen molar-refractivity contribution in [3.63, 3.8) is 0 Å². The number of rotatable bonds is 4. The van der Waals surface area contributed by atoms with Crippen LogP contribution in [0.5, 0.6) is 11.5 Å². The highest BCUT2D eigenvalue weighted by molar-refractivity contribution is 6.19. The Morgan fingerprint density at radius 3 is 1.94 bits per heavy atom. The van der Waals surface area contributed by atoms with Crippen LogP contribution in [0.1, 0.15) is 31.8 Å². The molecule has 8 aromatic carbocycles.